The molecule has 7 nitrogen and oxygen atoms in total. The van der Waals surface area contributed by atoms with Crippen molar-refractivity contribution in [2.45, 2.75) is 0 Å². The lowest BCUT2D eigenvalue weighted by atomic mass is 9.74. The van der Waals surface area contributed by atoms with Crippen LogP contribution in [0.25, 0.3) is 0 Å². The highest BCUT2D eigenvalue weighted by Crippen LogP contribution is 2.28. The quantitative estimate of drug-likeness (QED) is 0.343. The Kier molecular flexibility index (Phi) is 4.58. The van der Waals surface area contributed by atoms with Gasteiger partial charge in [-0.05, 0) is 17.7 Å². The SMILES string of the molecule is COc1cccc(/C=N\N=C(\c2ccccc2)C23C[NH+]4C[NH+](C[NH+](C4)C2)C3)c1O. The van der Waals surface area contributed by atoms with Crippen molar-refractivity contribution >= 4 is 11.9 Å². The van der Waals surface area contributed by atoms with Gasteiger partial charge in [0, 0.05) is 5.56 Å². The zero-order chi connectivity index (χ0) is 19.8. The van der Waals surface area contributed by atoms with Gasteiger partial charge in [-0.3, -0.25) is 0 Å². The molecule has 4 bridgehead atoms. The van der Waals surface area contributed by atoms with Crippen LogP contribution < -0.4 is 19.4 Å². The number of aromatic hydroxyl groups is 1. The number of benzene rings is 2. The van der Waals surface area contributed by atoms with Gasteiger partial charge in [-0.2, -0.15) is 10.2 Å². The predicted octanol–water partition coefficient (Wildman–Crippen LogP) is -2.22. The van der Waals surface area contributed by atoms with E-state index < -0.39 is 0 Å². The van der Waals surface area contributed by atoms with Crippen molar-refractivity contribution in [2.24, 2.45) is 15.6 Å². The van der Waals surface area contributed by atoms with Crippen LogP contribution in [0.2, 0.25) is 0 Å². The molecule has 0 atom stereocenters. The van der Waals surface area contributed by atoms with Gasteiger partial charge in [0.25, 0.3) is 0 Å². The van der Waals surface area contributed by atoms with Crippen molar-refractivity contribution in [1.82, 2.24) is 0 Å². The summed E-state index contributed by atoms with van der Waals surface area (Å²) in [5, 5.41) is 19.5. The second-order valence-electron chi connectivity index (χ2n) is 8.55. The monoisotopic (exact) mass is 394 g/mol. The van der Waals surface area contributed by atoms with Crippen LogP contribution in [0.1, 0.15) is 11.1 Å². The standard InChI is InChI=1S/C22H25N5O2/c1-29-19-9-5-8-18(20(19)28)10-23-24-21(17-6-3-2-4-7-17)22-11-25-14-26(12-22)16-27(13-22)15-25/h2-10,28H,11-16H2,1H3/p+3/b23-10-,24-21-. The topological polar surface area (TPSA) is 67.5 Å². The maximum absolute atomic E-state index is 10.3. The number of methoxy groups -OCH3 is 1. The third-order valence-corrected chi connectivity index (χ3v) is 6.42. The summed E-state index contributed by atoms with van der Waals surface area (Å²) >= 11 is 0. The van der Waals surface area contributed by atoms with Crippen LogP contribution in [0.3, 0.4) is 0 Å². The molecule has 4 fully saturated rings. The molecule has 7 heteroatoms. The molecule has 0 unspecified atom stereocenters. The Hall–Kier alpha value is -2.74. The maximum Gasteiger partial charge on any atom is 0.213 e. The van der Waals surface area contributed by atoms with Crippen molar-refractivity contribution in [3.63, 3.8) is 0 Å². The third kappa shape index (κ3) is 3.31. The summed E-state index contributed by atoms with van der Waals surface area (Å²) in [6.45, 7) is 7.01. The highest BCUT2D eigenvalue weighted by molar-refractivity contribution is 6.05. The zero-order valence-electron chi connectivity index (χ0n) is 16.7. The van der Waals surface area contributed by atoms with Gasteiger partial charge in [-0.25, -0.2) is 14.7 Å². The first-order valence-corrected chi connectivity index (χ1v) is 10.2. The first-order valence-electron chi connectivity index (χ1n) is 10.2. The smallest absolute Gasteiger partial charge is 0.213 e. The van der Waals surface area contributed by atoms with E-state index in [1.807, 2.05) is 18.2 Å². The summed E-state index contributed by atoms with van der Waals surface area (Å²) in [5.74, 6) is 0.526. The lowest BCUT2D eigenvalue weighted by Gasteiger charge is -2.52. The Bertz CT molecular complexity index is 922. The maximum atomic E-state index is 10.3. The van der Waals surface area contributed by atoms with Gasteiger partial charge in [-0.15, -0.1) is 0 Å². The van der Waals surface area contributed by atoms with Gasteiger partial charge in [0.05, 0.1) is 19.0 Å². The second kappa shape index (κ2) is 7.26. The number of nitrogens with one attached hydrogen (secondary N) is 3. The van der Waals surface area contributed by atoms with E-state index in [0.717, 1.165) is 30.9 Å². The minimum absolute atomic E-state index is 0.0455. The molecule has 0 amide bonds. The van der Waals surface area contributed by atoms with Gasteiger partial charge in [0.2, 0.25) is 20.0 Å². The second-order valence-corrected chi connectivity index (χ2v) is 8.55. The lowest BCUT2D eigenvalue weighted by Crippen LogP contribution is -3.56. The normalized spacial score (nSPS) is 30.8. The average Bonchev–Trinajstić information content (AvgIpc) is 2.72. The van der Waals surface area contributed by atoms with Crippen molar-refractivity contribution in [3.8, 4) is 11.5 Å². The Morgan fingerprint density at radius 1 is 0.966 bits per heavy atom. The average molecular weight is 394 g/mol. The predicted molar refractivity (Wildman–Crippen MR) is 110 cm³/mol. The van der Waals surface area contributed by atoms with E-state index in [4.69, 9.17) is 9.84 Å². The van der Waals surface area contributed by atoms with Gasteiger partial charge in [-0.1, -0.05) is 36.4 Å². The Morgan fingerprint density at radius 2 is 1.62 bits per heavy atom. The van der Waals surface area contributed by atoms with E-state index in [1.54, 1.807) is 34.1 Å². The Morgan fingerprint density at radius 3 is 2.24 bits per heavy atom. The Labute approximate surface area is 170 Å². The van der Waals surface area contributed by atoms with Crippen molar-refractivity contribution in [1.29, 1.82) is 0 Å². The van der Waals surface area contributed by atoms with Gasteiger partial charge >= 0.3 is 0 Å². The summed E-state index contributed by atoms with van der Waals surface area (Å²) in [4.78, 5) is 4.99. The van der Waals surface area contributed by atoms with E-state index in [9.17, 15) is 5.11 Å². The molecule has 6 rings (SSSR count). The number of hydrogen-bond acceptors (Lipinski definition) is 4. The highest BCUT2D eigenvalue weighted by atomic mass is 16.5. The number of phenolic OH excluding ortho intramolecular Hbond substituents is 1. The summed E-state index contributed by atoms with van der Waals surface area (Å²) in [7, 11) is 1.54. The lowest BCUT2D eigenvalue weighted by molar-refractivity contribution is -1.30. The van der Waals surface area contributed by atoms with Crippen LogP contribution in [0.5, 0.6) is 11.5 Å². The molecule has 4 heterocycles. The molecule has 0 aliphatic carbocycles. The van der Waals surface area contributed by atoms with Crippen molar-refractivity contribution in [3.05, 3.63) is 59.7 Å². The summed E-state index contributed by atoms with van der Waals surface area (Å²) in [5.41, 5.74) is 2.86. The molecule has 0 radical (unpaired) electrons. The number of phenols is 1. The van der Waals surface area contributed by atoms with Crippen LogP contribution in [0.4, 0.5) is 0 Å². The third-order valence-electron chi connectivity index (χ3n) is 6.42. The molecule has 4 saturated heterocycles. The number of hydrogen-bond donors (Lipinski definition) is 4. The van der Waals surface area contributed by atoms with E-state index in [1.165, 1.54) is 20.0 Å². The highest BCUT2D eigenvalue weighted by Gasteiger charge is 2.60. The van der Waals surface area contributed by atoms with E-state index >= 15 is 0 Å². The fourth-order valence-electron chi connectivity index (χ4n) is 5.52. The van der Waals surface area contributed by atoms with Crippen molar-refractivity contribution < 1.29 is 24.5 Å². The van der Waals surface area contributed by atoms with Gasteiger partial charge < -0.3 is 9.84 Å². The molecular weight excluding hydrogens is 366 g/mol. The van der Waals surface area contributed by atoms with E-state index in [2.05, 4.69) is 29.4 Å². The molecular formula is C22H28N5O2+3. The number of nitrogens with zero attached hydrogens (tertiary/aromatic N) is 2. The van der Waals surface area contributed by atoms with Gasteiger partial charge in [0.1, 0.15) is 19.6 Å². The summed E-state index contributed by atoms with van der Waals surface area (Å²) in [6, 6.07) is 15.8. The molecule has 150 valence electrons. The van der Waals surface area contributed by atoms with Crippen LogP contribution in [-0.2, 0) is 0 Å². The number of para-hydroxylation sites is 1. The van der Waals surface area contributed by atoms with Crippen LogP contribution in [-0.4, -0.2) is 63.8 Å². The Balaban J connectivity index is 1.52. The molecule has 2 aromatic carbocycles. The van der Waals surface area contributed by atoms with Crippen LogP contribution >= 0.6 is 0 Å². The molecule has 29 heavy (non-hydrogen) atoms. The number of rotatable bonds is 5. The van der Waals surface area contributed by atoms with Gasteiger partial charge in [0.15, 0.2) is 16.9 Å². The molecule has 2 aromatic rings. The molecule has 4 aliphatic heterocycles. The number of quaternary nitrogens is 3. The van der Waals surface area contributed by atoms with E-state index in [-0.39, 0.29) is 11.2 Å². The minimum atomic E-state index is 0.0455. The molecule has 4 aliphatic rings. The molecule has 4 N–H and O–H groups in total. The first-order chi connectivity index (χ1) is 14.2. The van der Waals surface area contributed by atoms with Crippen molar-refractivity contribution in [2.75, 3.05) is 46.8 Å². The summed E-state index contributed by atoms with van der Waals surface area (Å²) < 4.78 is 5.19. The fourth-order valence-corrected chi connectivity index (χ4v) is 5.52. The van der Waals surface area contributed by atoms with Crippen LogP contribution in [0.15, 0.2) is 58.7 Å². The summed E-state index contributed by atoms with van der Waals surface area (Å²) in [6.07, 6.45) is 1.62. The molecule has 0 saturated carbocycles. The molecule has 0 spiro atoms. The largest absolute Gasteiger partial charge is 0.504 e. The first kappa shape index (κ1) is 18.3. The zero-order valence-corrected chi connectivity index (χ0v) is 16.7. The van der Waals surface area contributed by atoms with Crippen LogP contribution in [0, 0.1) is 5.41 Å². The minimum Gasteiger partial charge on any atom is -0.504 e. The number of ether oxygens (including phenoxy) is 1. The molecule has 0 aromatic heterocycles. The fraction of sp³-hybridized carbons (Fsp3) is 0.364. The van der Waals surface area contributed by atoms with E-state index in [0.29, 0.717) is 11.3 Å².